The van der Waals surface area contributed by atoms with Gasteiger partial charge < -0.3 is 14.8 Å². The van der Waals surface area contributed by atoms with Crippen LogP contribution in [0.5, 0.6) is 0 Å². The van der Waals surface area contributed by atoms with Crippen molar-refractivity contribution in [3.8, 4) is 0 Å². The first-order valence-corrected chi connectivity index (χ1v) is 7.81. The molecule has 1 aromatic heterocycles. The van der Waals surface area contributed by atoms with E-state index in [2.05, 4.69) is 27.9 Å². The number of aromatic amines is 1. The second-order valence-electron chi connectivity index (χ2n) is 6.37. The molecule has 2 fully saturated rings. The molecule has 110 valence electrons. The summed E-state index contributed by atoms with van der Waals surface area (Å²) in [5, 5.41) is 0. The van der Waals surface area contributed by atoms with Crippen LogP contribution < -0.4 is 0 Å². The minimum atomic E-state index is 0.180. The molecule has 0 unspecified atom stereocenters. The van der Waals surface area contributed by atoms with Gasteiger partial charge in [-0.2, -0.15) is 0 Å². The lowest BCUT2D eigenvalue weighted by molar-refractivity contribution is -0.136. The maximum absolute atomic E-state index is 12.6. The molecule has 0 saturated carbocycles. The number of rotatable bonds is 3. The van der Waals surface area contributed by atoms with E-state index in [1.165, 1.54) is 12.8 Å². The molecule has 1 aromatic rings. The van der Waals surface area contributed by atoms with E-state index in [1.54, 1.807) is 0 Å². The van der Waals surface area contributed by atoms with Gasteiger partial charge in [-0.25, -0.2) is 0 Å². The summed E-state index contributed by atoms with van der Waals surface area (Å²) >= 11 is 0. The summed E-state index contributed by atoms with van der Waals surface area (Å²) in [5.41, 5.74) is 1.34. The minimum absolute atomic E-state index is 0.180. The van der Waals surface area contributed by atoms with Crippen LogP contribution in [-0.2, 0) is 11.2 Å². The second-order valence-corrected chi connectivity index (χ2v) is 6.37. The van der Waals surface area contributed by atoms with Gasteiger partial charge in [0.15, 0.2) is 0 Å². The molecule has 0 aromatic carbocycles. The molecule has 1 spiro atoms. The van der Waals surface area contributed by atoms with Gasteiger partial charge in [0.05, 0.1) is 0 Å². The summed E-state index contributed by atoms with van der Waals surface area (Å²) in [6.45, 7) is 3.22. The Morgan fingerprint density at radius 3 is 2.80 bits per heavy atom. The van der Waals surface area contributed by atoms with Gasteiger partial charge in [0, 0.05) is 43.5 Å². The Balaban J connectivity index is 1.61. The first kappa shape index (κ1) is 13.7. The smallest absolute Gasteiger partial charge is 0.223 e. The molecular weight excluding hydrogens is 250 g/mol. The van der Waals surface area contributed by atoms with E-state index in [4.69, 9.17) is 0 Å². The topological polar surface area (TPSA) is 39.3 Å². The van der Waals surface area contributed by atoms with Crippen LogP contribution in [-0.4, -0.2) is 52.9 Å². The van der Waals surface area contributed by atoms with E-state index < -0.39 is 0 Å². The molecule has 1 amide bonds. The highest BCUT2D eigenvalue weighted by atomic mass is 16.2. The van der Waals surface area contributed by atoms with Crippen molar-refractivity contribution in [1.29, 1.82) is 0 Å². The van der Waals surface area contributed by atoms with E-state index in [9.17, 15) is 4.79 Å². The highest BCUT2D eigenvalue weighted by molar-refractivity contribution is 5.77. The number of piperidine rings is 1. The number of amides is 1. The van der Waals surface area contributed by atoms with Gasteiger partial charge in [-0.1, -0.05) is 0 Å². The molecular formula is C16H25N3O. The molecule has 0 aliphatic carbocycles. The van der Waals surface area contributed by atoms with Crippen LogP contribution in [0.3, 0.4) is 0 Å². The first-order valence-electron chi connectivity index (χ1n) is 7.81. The number of likely N-dealkylation sites (tertiary alicyclic amines) is 2. The third kappa shape index (κ3) is 2.62. The predicted octanol–water partition coefficient (Wildman–Crippen LogP) is 2.03. The maximum atomic E-state index is 12.6. The molecule has 2 aliphatic rings. The van der Waals surface area contributed by atoms with E-state index in [-0.39, 0.29) is 5.54 Å². The van der Waals surface area contributed by atoms with Crippen molar-refractivity contribution in [3.05, 3.63) is 24.0 Å². The number of carbonyl (C=O) groups is 1. The van der Waals surface area contributed by atoms with Gasteiger partial charge in [0.1, 0.15) is 0 Å². The Bertz CT molecular complexity index is 446. The van der Waals surface area contributed by atoms with Gasteiger partial charge in [0.2, 0.25) is 5.91 Å². The molecule has 20 heavy (non-hydrogen) atoms. The number of H-pyrrole nitrogens is 1. The van der Waals surface area contributed by atoms with E-state index >= 15 is 0 Å². The van der Waals surface area contributed by atoms with Gasteiger partial charge in [0.25, 0.3) is 0 Å². The Hall–Kier alpha value is -1.29. The van der Waals surface area contributed by atoms with Crippen molar-refractivity contribution in [1.82, 2.24) is 14.8 Å². The van der Waals surface area contributed by atoms with Crippen LogP contribution in [0.25, 0.3) is 0 Å². The summed E-state index contributed by atoms with van der Waals surface area (Å²) in [7, 11) is 2.18. The summed E-state index contributed by atoms with van der Waals surface area (Å²) in [4.78, 5) is 20.4. The van der Waals surface area contributed by atoms with Crippen LogP contribution >= 0.6 is 0 Å². The van der Waals surface area contributed by atoms with Crippen molar-refractivity contribution < 1.29 is 4.79 Å². The van der Waals surface area contributed by atoms with Crippen LogP contribution in [0, 0.1) is 0 Å². The minimum Gasteiger partial charge on any atom is -0.365 e. The van der Waals surface area contributed by atoms with Crippen LogP contribution in [0.2, 0.25) is 0 Å². The van der Waals surface area contributed by atoms with Crippen molar-refractivity contribution in [2.24, 2.45) is 0 Å². The van der Waals surface area contributed by atoms with Gasteiger partial charge in [-0.3, -0.25) is 4.79 Å². The molecule has 1 N–H and O–H groups in total. The molecule has 0 bridgehead atoms. The van der Waals surface area contributed by atoms with Gasteiger partial charge in [-0.15, -0.1) is 0 Å². The Labute approximate surface area is 121 Å². The molecule has 3 heterocycles. The number of carbonyl (C=O) groups excluding carboxylic acids is 1. The molecule has 2 aliphatic heterocycles. The number of aryl methyl sites for hydroxylation is 1. The van der Waals surface area contributed by atoms with E-state index in [0.29, 0.717) is 12.3 Å². The number of nitrogens with one attached hydrogen (secondary N) is 1. The lowest BCUT2D eigenvalue weighted by Crippen LogP contribution is -2.53. The number of aromatic nitrogens is 1. The van der Waals surface area contributed by atoms with Crippen molar-refractivity contribution in [2.75, 3.05) is 26.7 Å². The molecule has 4 heteroatoms. The third-order valence-corrected chi connectivity index (χ3v) is 5.09. The quantitative estimate of drug-likeness (QED) is 0.917. The maximum Gasteiger partial charge on any atom is 0.223 e. The zero-order chi connectivity index (χ0) is 14.0. The van der Waals surface area contributed by atoms with Crippen LogP contribution in [0.4, 0.5) is 0 Å². The Morgan fingerprint density at radius 2 is 2.10 bits per heavy atom. The molecule has 0 atom stereocenters. The fourth-order valence-electron chi connectivity index (χ4n) is 3.78. The SMILES string of the molecule is CN1CCC2(CCCN2C(=O)CCc2ccc[nH]2)CC1. The Kier molecular flexibility index (Phi) is 3.83. The normalized spacial score (nSPS) is 22.6. The summed E-state index contributed by atoms with van der Waals surface area (Å²) in [6.07, 6.45) is 8.08. The zero-order valence-corrected chi connectivity index (χ0v) is 12.4. The first-order chi connectivity index (χ1) is 9.70. The Morgan fingerprint density at radius 1 is 1.30 bits per heavy atom. The average Bonchev–Trinajstić information content (AvgIpc) is 3.10. The van der Waals surface area contributed by atoms with Crippen molar-refractivity contribution >= 4 is 5.91 Å². The van der Waals surface area contributed by atoms with Crippen molar-refractivity contribution in [2.45, 2.75) is 44.1 Å². The molecule has 0 radical (unpaired) electrons. The number of hydrogen-bond donors (Lipinski definition) is 1. The van der Waals surface area contributed by atoms with E-state index in [1.807, 2.05) is 12.3 Å². The fraction of sp³-hybridized carbons (Fsp3) is 0.688. The monoisotopic (exact) mass is 275 g/mol. The number of hydrogen-bond acceptors (Lipinski definition) is 2. The summed E-state index contributed by atoms with van der Waals surface area (Å²) in [5.74, 6) is 0.349. The van der Waals surface area contributed by atoms with Gasteiger partial charge >= 0.3 is 0 Å². The largest absolute Gasteiger partial charge is 0.365 e. The fourth-order valence-corrected chi connectivity index (χ4v) is 3.78. The van der Waals surface area contributed by atoms with Gasteiger partial charge in [-0.05, 0) is 51.3 Å². The molecule has 2 saturated heterocycles. The standard InChI is InChI=1S/C16H25N3O/c1-18-12-8-16(9-13-18)7-3-11-19(16)15(20)6-5-14-4-2-10-17-14/h2,4,10,17H,3,5-9,11-13H2,1H3. The third-order valence-electron chi connectivity index (χ3n) is 5.09. The van der Waals surface area contributed by atoms with E-state index in [0.717, 1.165) is 44.6 Å². The molecule has 4 nitrogen and oxygen atoms in total. The lowest BCUT2D eigenvalue weighted by atomic mass is 9.85. The highest BCUT2D eigenvalue weighted by Crippen LogP contribution is 2.38. The van der Waals surface area contributed by atoms with Crippen molar-refractivity contribution in [3.63, 3.8) is 0 Å². The summed E-state index contributed by atoms with van der Waals surface area (Å²) in [6, 6.07) is 4.05. The second kappa shape index (κ2) is 5.60. The summed E-state index contributed by atoms with van der Waals surface area (Å²) < 4.78 is 0. The predicted molar refractivity (Wildman–Crippen MR) is 79.5 cm³/mol. The average molecular weight is 275 g/mol. The highest BCUT2D eigenvalue weighted by Gasteiger charge is 2.44. The van der Waals surface area contributed by atoms with Crippen LogP contribution in [0.1, 0.15) is 37.8 Å². The number of nitrogens with zero attached hydrogens (tertiary/aromatic N) is 2. The zero-order valence-electron chi connectivity index (χ0n) is 12.4. The lowest BCUT2D eigenvalue weighted by Gasteiger charge is -2.44. The molecule has 3 rings (SSSR count). The van der Waals surface area contributed by atoms with Crippen LogP contribution in [0.15, 0.2) is 18.3 Å².